The van der Waals surface area contributed by atoms with Crippen LogP contribution in [0.3, 0.4) is 0 Å². The average Bonchev–Trinajstić information content (AvgIpc) is 3.34. The summed E-state index contributed by atoms with van der Waals surface area (Å²) in [7, 11) is 1.81. The number of nitrogens with one attached hydrogen (secondary N) is 1. The Kier molecular flexibility index (Phi) is 7.68. The number of hydrogen-bond donors (Lipinski definition) is 1. The standard InChI is InChI=1S/C29H39N3O3/c1-29(2,3)35-28(34)31(4)26-18-19-32(20-26)25-16-14-24(15-17-25)30-27(33)23-12-10-22(11-13-23)21-8-6-5-7-9-21/h10-17,21,26H,5-9,18-20H2,1-4H3,(H,30,33). The zero-order valence-corrected chi connectivity index (χ0v) is 21.5. The second-order valence-corrected chi connectivity index (χ2v) is 10.9. The van der Waals surface area contributed by atoms with Gasteiger partial charge in [0.2, 0.25) is 0 Å². The first-order chi connectivity index (χ1) is 16.7. The first-order valence-electron chi connectivity index (χ1n) is 12.9. The Morgan fingerprint density at radius 1 is 0.943 bits per heavy atom. The van der Waals surface area contributed by atoms with E-state index in [-0.39, 0.29) is 18.0 Å². The van der Waals surface area contributed by atoms with Crippen LogP contribution in [0.4, 0.5) is 16.2 Å². The van der Waals surface area contributed by atoms with Crippen LogP contribution in [0.25, 0.3) is 0 Å². The summed E-state index contributed by atoms with van der Waals surface area (Å²) in [6.45, 7) is 7.28. The Labute approximate surface area is 209 Å². The topological polar surface area (TPSA) is 61.9 Å². The molecule has 0 bridgehead atoms. The number of anilines is 2. The highest BCUT2D eigenvalue weighted by molar-refractivity contribution is 6.04. The van der Waals surface area contributed by atoms with E-state index in [1.165, 1.54) is 37.7 Å². The fraction of sp³-hybridized carbons (Fsp3) is 0.517. The molecule has 1 saturated heterocycles. The number of likely N-dealkylation sites (N-methyl/N-ethyl adjacent to an activating group) is 1. The molecular weight excluding hydrogens is 438 g/mol. The van der Waals surface area contributed by atoms with E-state index in [4.69, 9.17) is 4.74 Å². The maximum absolute atomic E-state index is 12.8. The van der Waals surface area contributed by atoms with Gasteiger partial charge in [-0.3, -0.25) is 4.79 Å². The molecule has 4 rings (SSSR count). The van der Waals surface area contributed by atoms with Gasteiger partial charge in [0.1, 0.15) is 5.60 Å². The Hall–Kier alpha value is -3.02. The first kappa shape index (κ1) is 25.1. The second-order valence-electron chi connectivity index (χ2n) is 10.9. The molecular formula is C29H39N3O3. The third-order valence-electron chi connectivity index (χ3n) is 7.13. The number of benzene rings is 2. The fourth-order valence-electron chi connectivity index (χ4n) is 5.08. The molecule has 35 heavy (non-hydrogen) atoms. The zero-order valence-electron chi connectivity index (χ0n) is 21.5. The third-order valence-corrected chi connectivity index (χ3v) is 7.13. The van der Waals surface area contributed by atoms with E-state index in [1.807, 2.05) is 64.2 Å². The molecule has 1 aliphatic heterocycles. The van der Waals surface area contributed by atoms with E-state index in [0.717, 1.165) is 30.9 Å². The van der Waals surface area contributed by atoms with E-state index in [9.17, 15) is 9.59 Å². The zero-order chi connectivity index (χ0) is 25.0. The number of hydrogen-bond acceptors (Lipinski definition) is 4. The van der Waals surface area contributed by atoms with Crippen molar-refractivity contribution in [1.82, 2.24) is 4.90 Å². The summed E-state index contributed by atoms with van der Waals surface area (Å²) >= 11 is 0. The molecule has 0 radical (unpaired) electrons. The number of amides is 2. The van der Waals surface area contributed by atoms with E-state index in [1.54, 1.807) is 4.90 Å². The van der Waals surface area contributed by atoms with Crippen molar-refractivity contribution in [2.45, 2.75) is 76.9 Å². The molecule has 1 unspecified atom stereocenters. The van der Waals surface area contributed by atoms with E-state index in [2.05, 4.69) is 22.3 Å². The molecule has 1 atom stereocenters. The fourth-order valence-corrected chi connectivity index (χ4v) is 5.08. The van der Waals surface area contributed by atoms with Crippen LogP contribution in [0, 0.1) is 0 Å². The summed E-state index contributed by atoms with van der Waals surface area (Å²) in [5.41, 5.74) is 3.39. The molecule has 0 aromatic heterocycles. The summed E-state index contributed by atoms with van der Waals surface area (Å²) in [5.74, 6) is 0.552. The van der Waals surface area contributed by atoms with Crippen molar-refractivity contribution in [3.8, 4) is 0 Å². The minimum atomic E-state index is -0.499. The highest BCUT2D eigenvalue weighted by atomic mass is 16.6. The molecule has 2 amide bonds. The summed E-state index contributed by atoms with van der Waals surface area (Å²) in [6.07, 6.45) is 7.08. The number of carbonyl (C=O) groups is 2. The SMILES string of the molecule is CN(C(=O)OC(C)(C)C)C1CCN(c2ccc(NC(=O)c3ccc(C4CCCCC4)cc3)cc2)C1. The van der Waals surface area contributed by atoms with Crippen molar-refractivity contribution in [3.63, 3.8) is 0 Å². The quantitative estimate of drug-likeness (QED) is 0.539. The van der Waals surface area contributed by atoms with Crippen LogP contribution in [0.15, 0.2) is 48.5 Å². The molecule has 188 valence electrons. The predicted octanol–water partition coefficient (Wildman–Crippen LogP) is 6.43. The summed E-state index contributed by atoms with van der Waals surface area (Å²) in [4.78, 5) is 29.1. The van der Waals surface area contributed by atoms with Crippen molar-refractivity contribution in [1.29, 1.82) is 0 Å². The molecule has 2 aromatic rings. The van der Waals surface area contributed by atoms with Crippen molar-refractivity contribution in [2.24, 2.45) is 0 Å². The summed E-state index contributed by atoms with van der Waals surface area (Å²) < 4.78 is 5.51. The Morgan fingerprint density at radius 2 is 1.60 bits per heavy atom. The predicted molar refractivity (Wildman–Crippen MR) is 141 cm³/mol. The van der Waals surface area contributed by atoms with Gasteiger partial charge in [-0.25, -0.2) is 4.79 Å². The van der Waals surface area contributed by atoms with Crippen molar-refractivity contribution < 1.29 is 14.3 Å². The highest BCUT2D eigenvalue weighted by Crippen LogP contribution is 2.32. The van der Waals surface area contributed by atoms with Crippen LogP contribution in [0.5, 0.6) is 0 Å². The van der Waals surface area contributed by atoms with Gasteiger partial charge >= 0.3 is 6.09 Å². The van der Waals surface area contributed by atoms with Gasteiger partial charge in [0.05, 0.1) is 6.04 Å². The molecule has 2 aromatic carbocycles. The summed E-state index contributed by atoms with van der Waals surface area (Å²) in [6, 6.07) is 16.2. The maximum Gasteiger partial charge on any atom is 0.410 e. The van der Waals surface area contributed by atoms with Crippen LogP contribution in [0.1, 0.15) is 81.1 Å². The summed E-state index contributed by atoms with van der Waals surface area (Å²) in [5, 5.41) is 3.01. The molecule has 0 spiro atoms. The highest BCUT2D eigenvalue weighted by Gasteiger charge is 2.31. The lowest BCUT2D eigenvalue weighted by atomic mass is 9.84. The first-order valence-corrected chi connectivity index (χ1v) is 12.9. The number of nitrogens with zero attached hydrogens (tertiary/aromatic N) is 2. The van der Waals surface area contributed by atoms with Crippen LogP contribution in [-0.4, -0.2) is 48.7 Å². The smallest absolute Gasteiger partial charge is 0.410 e. The van der Waals surface area contributed by atoms with Gasteiger partial charge in [0, 0.05) is 37.1 Å². The molecule has 6 nitrogen and oxygen atoms in total. The van der Waals surface area contributed by atoms with Gasteiger partial charge in [-0.2, -0.15) is 0 Å². The van der Waals surface area contributed by atoms with E-state index in [0.29, 0.717) is 11.5 Å². The number of ether oxygens (including phenoxy) is 1. The van der Waals surface area contributed by atoms with Crippen LogP contribution in [0.2, 0.25) is 0 Å². The largest absolute Gasteiger partial charge is 0.444 e. The molecule has 1 saturated carbocycles. The van der Waals surface area contributed by atoms with E-state index >= 15 is 0 Å². The third kappa shape index (κ3) is 6.56. The van der Waals surface area contributed by atoms with Gasteiger partial charge < -0.3 is 19.9 Å². The number of carbonyl (C=O) groups excluding carboxylic acids is 2. The van der Waals surface area contributed by atoms with Crippen molar-refractivity contribution >= 4 is 23.4 Å². The normalized spacial score (nSPS) is 18.9. The molecule has 2 fully saturated rings. The van der Waals surface area contributed by atoms with Crippen molar-refractivity contribution in [3.05, 3.63) is 59.7 Å². The molecule has 6 heteroatoms. The van der Waals surface area contributed by atoms with Gasteiger partial charge in [0.25, 0.3) is 5.91 Å². The lowest BCUT2D eigenvalue weighted by Gasteiger charge is -2.28. The molecule has 1 aliphatic carbocycles. The lowest BCUT2D eigenvalue weighted by Crippen LogP contribution is -2.42. The Morgan fingerprint density at radius 3 is 2.23 bits per heavy atom. The molecule has 1 heterocycles. The lowest BCUT2D eigenvalue weighted by molar-refractivity contribution is 0.0238. The molecule has 1 N–H and O–H groups in total. The van der Waals surface area contributed by atoms with Gasteiger partial charge in [0.15, 0.2) is 0 Å². The van der Waals surface area contributed by atoms with E-state index < -0.39 is 5.60 Å². The van der Waals surface area contributed by atoms with Gasteiger partial charge in [-0.15, -0.1) is 0 Å². The second kappa shape index (κ2) is 10.7. The number of rotatable bonds is 5. The maximum atomic E-state index is 12.8. The molecule has 2 aliphatic rings. The van der Waals surface area contributed by atoms with Gasteiger partial charge in [-0.05, 0) is 87.9 Å². The van der Waals surface area contributed by atoms with Gasteiger partial charge in [-0.1, -0.05) is 31.4 Å². The van der Waals surface area contributed by atoms with Crippen LogP contribution < -0.4 is 10.2 Å². The van der Waals surface area contributed by atoms with Crippen LogP contribution in [-0.2, 0) is 4.74 Å². The van der Waals surface area contributed by atoms with Crippen molar-refractivity contribution in [2.75, 3.05) is 30.4 Å². The Bertz CT molecular complexity index is 1000. The Balaban J connectivity index is 1.30. The minimum absolute atomic E-state index is 0.0897. The monoisotopic (exact) mass is 477 g/mol. The average molecular weight is 478 g/mol. The van der Waals surface area contributed by atoms with Crippen LogP contribution >= 0.6 is 0 Å². The minimum Gasteiger partial charge on any atom is -0.444 e.